The van der Waals surface area contributed by atoms with Gasteiger partial charge in [-0.1, -0.05) is 12.1 Å². The Labute approximate surface area is 114 Å². The van der Waals surface area contributed by atoms with Crippen molar-refractivity contribution in [3.8, 4) is 5.75 Å². The van der Waals surface area contributed by atoms with Gasteiger partial charge < -0.3 is 20.7 Å². The Bertz CT molecular complexity index is 405. The Hall–Kier alpha value is -1.59. The molecule has 19 heavy (non-hydrogen) atoms. The molecule has 1 aromatic carbocycles. The Morgan fingerprint density at radius 3 is 2.84 bits per heavy atom. The maximum Gasteiger partial charge on any atom is 0.236 e. The molecule has 0 aromatic heterocycles. The van der Waals surface area contributed by atoms with Crippen LogP contribution in [-0.2, 0) is 11.3 Å². The average Bonchev–Trinajstić information content (AvgIpc) is 2.36. The normalized spacial score (nSPS) is 12.3. The molecule has 5 heteroatoms. The van der Waals surface area contributed by atoms with E-state index in [-0.39, 0.29) is 5.91 Å². The highest BCUT2D eigenvalue weighted by molar-refractivity contribution is 5.80. The average molecular weight is 265 g/mol. The van der Waals surface area contributed by atoms with E-state index < -0.39 is 6.04 Å². The van der Waals surface area contributed by atoms with Gasteiger partial charge >= 0.3 is 0 Å². The zero-order valence-corrected chi connectivity index (χ0v) is 11.8. The molecule has 1 amide bonds. The minimum absolute atomic E-state index is 0.154. The molecule has 106 valence electrons. The van der Waals surface area contributed by atoms with Crippen molar-refractivity contribution in [2.75, 3.05) is 27.2 Å². The van der Waals surface area contributed by atoms with Crippen molar-refractivity contribution in [2.24, 2.45) is 5.73 Å². The molecule has 0 saturated carbocycles. The number of ether oxygens (including phenoxy) is 1. The van der Waals surface area contributed by atoms with Gasteiger partial charge in [-0.2, -0.15) is 0 Å². The van der Waals surface area contributed by atoms with Crippen LogP contribution in [0, 0.1) is 0 Å². The van der Waals surface area contributed by atoms with Gasteiger partial charge in [0.2, 0.25) is 5.91 Å². The molecule has 1 atom stereocenters. The van der Waals surface area contributed by atoms with Crippen molar-refractivity contribution in [2.45, 2.75) is 19.5 Å². The van der Waals surface area contributed by atoms with Crippen LogP contribution in [0.5, 0.6) is 5.75 Å². The van der Waals surface area contributed by atoms with Gasteiger partial charge in [0, 0.05) is 13.1 Å². The zero-order valence-electron chi connectivity index (χ0n) is 11.8. The molecule has 1 aromatic rings. The van der Waals surface area contributed by atoms with Crippen LogP contribution in [0.1, 0.15) is 12.5 Å². The van der Waals surface area contributed by atoms with Crippen LogP contribution >= 0.6 is 0 Å². The first-order chi connectivity index (χ1) is 8.99. The standard InChI is InChI=1S/C14H23N3O2/c1-11(15)14(18)16-10-12-5-4-6-13(9-12)19-8-7-17(2)3/h4-6,9,11H,7-8,10,15H2,1-3H3,(H,16,18)/t11-/m1/s1. The number of benzene rings is 1. The largest absolute Gasteiger partial charge is 0.492 e. The van der Waals surface area contributed by atoms with E-state index in [1.54, 1.807) is 6.92 Å². The van der Waals surface area contributed by atoms with Gasteiger partial charge in [0.1, 0.15) is 12.4 Å². The molecule has 0 fully saturated rings. The number of nitrogens with one attached hydrogen (secondary N) is 1. The summed E-state index contributed by atoms with van der Waals surface area (Å²) in [6.45, 7) is 3.63. The summed E-state index contributed by atoms with van der Waals surface area (Å²) in [5.41, 5.74) is 6.48. The highest BCUT2D eigenvalue weighted by Crippen LogP contribution is 2.13. The molecule has 0 spiro atoms. The Morgan fingerprint density at radius 1 is 1.47 bits per heavy atom. The van der Waals surface area contributed by atoms with E-state index in [9.17, 15) is 4.79 Å². The number of likely N-dealkylation sites (N-methyl/N-ethyl adjacent to an activating group) is 1. The quantitative estimate of drug-likeness (QED) is 0.757. The molecule has 0 aliphatic carbocycles. The topological polar surface area (TPSA) is 67.6 Å². The van der Waals surface area contributed by atoms with Crippen molar-refractivity contribution in [3.05, 3.63) is 29.8 Å². The summed E-state index contributed by atoms with van der Waals surface area (Å²) in [7, 11) is 4.01. The molecule has 0 aliphatic rings. The van der Waals surface area contributed by atoms with E-state index in [1.807, 2.05) is 38.4 Å². The van der Waals surface area contributed by atoms with Crippen LogP contribution in [-0.4, -0.2) is 44.1 Å². The number of hydrogen-bond acceptors (Lipinski definition) is 4. The molecule has 5 nitrogen and oxygen atoms in total. The summed E-state index contributed by atoms with van der Waals surface area (Å²) in [6.07, 6.45) is 0. The number of carbonyl (C=O) groups is 1. The molecule has 1 rings (SSSR count). The maximum atomic E-state index is 11.4. The lowest BCUT2D eigenvalue weighted by Gasteiger charge is -2.12. The monoisotopic (exact) mass is 265 g/mol. The minimum Gasteiger partial charge on any atom is -0.492 e. The van der Waals surface area contributed by atoms with Gasteiger partial charge in [-0.05, 0) is 38.7 Å². The summed E-state index contributed by atoms with van der Waals surface area (Å²) in [4.78, 5) is 13.4. The van der Waals surface area contributed by atoms with E-state index in [0.717, 1.165) is 17.9 Å². The van der Waals surface area contributed by atoms with Gasteiger partial charge in [-0.25, -0.2) is 0 Å². The van der Waals surface area contributed by atoms with Gasteiger partial charge in [0.05, 0.1) is 6.04 Å². The van der Waals surface area contributed by atoms with E-state index in [2.05, 4.69) is 10.2 Å². The van der Waals surface area contributed by atoms with Crippen LogP contribution in [0.3, 0.4) is 0 Å². The van der Waals surface area contributed by atoms with Crippen LogP contribution in [0.25, 0.3) is 0 Å². The smallest absolute Gasteiger partial charge is 0.236 e. The van der Waals surface area contributed by atoms with E-state index in [4.69, 9.17) is 10.5 Å². The highest BCUT2D eigenvalue weighted by atomic mass is 16.5. The van der Waals surface area contributed by atoms with Gasteiger partial charge in [0.25, 0.3) is 0 Å². The van der Waals surface area contributed by atoms with Crippen molar-refractivity contribution < 1.29 is 9.53 Å². The van der Waals surface area contributed by atoms with E-state index >= 15 is 0 Å². The molecule has 0 bridgehead atoms. The van der Waals surface area contributed by atoms with Gasteiger partial charge in [-0.15, -0.1) is 0 Å². The second kappa shape index (κ2) is 7.76. The van der Waals surface area contributed by atoms with Crippen LogP contribution in [0.4, 0.5) is 0 Å². The minimum atomic E-state index is -0.487. The lowest BCUT2D eigenvalue weighted by atomic mass is 10.2. The highest BCUT2D eigenvalue weighted by Gasteiger charge is 2.06. The molecular formula is C14H23N3O2. The third-order valence-electron chi connectivity index (χ3n) is 2.59. The van der Waals surface area contributed by atoms with E-state index in [0.29, 0.717) is 13.2 Å². The second-order valence-electron chi connectivity index (χ2n) is 4.81. The fourth-order valence-electron chi connectivity index (χ4n) is 1.44. The third-order valence-corrected chi connectivity index (χ3v) is 2.59. The Balaban J connectivity index is 2.45. The summed E-state index contributed by atoms with van der Waals surface area (Å²) in [5, 5.41) is 2.77. The fourth-order valence-corrected chi connectivity index (χ4v) is 1.44. The SMILES string of the molecule is C[C@@H](N)C(=O)NCc1cccc(OCCN(C)C)c1. The molecule has 0 aliphatic heterocycles. The molecule has 0 heterocycles. The van der Waals surface area contributed by atoms with E-state index in [1.165, 1.54) is 0 Å². The Morgan fingerprint density at radius 2 is 2.21 bits per heavy atom. The molecular weight excluding hydrogens is 242 g/mol. The fraction of sp³-hybridized carbons (Fsp3) is 0.500. The summed E-state index contributed by atoms with van der Waals surface area (Å²) >= 11 is 0. The van der Waals surface area contributed by atoms with Crippen molar-refractivity contribution in [3.63, 3.8) is 0 Å². The van der Waals surface area contributed by atoms with Gasteiger partial charge in [-0.3, -0.25) is 4.79 Å². The first kappa shape index (κ1) is 15.5. The first-order valence-corrected chi connectivity index (χ1v) is 6.39. The van der Waals surface area contributed by atoms with Crippen LogP contribution in [0.15, 0.2) is 24.3 Å². The summed E-state index contributed by atoms with van der Waals surface area (Å²) < 4.78 is 5.63. The Kier molecular flexibility index (Phi) is 6.32. The zero-order chi connectivity index (χ0) is 14.3. The summed E-state index contributed by atoms with van der Waals surface area (Å²) in [5.74, 6) is 0.660. The number of amides is 1. The van der Waals surface area contributed by atoms with Crippen LogP contribution in [0.2, 0.25) is 0 Å². The number of hydrogen-bond donors (Lipinski definition) is 2. The number of rotatable bonds is 7. The van der Waals surface area contributed by atoms with Crippen LogP contribution < -0.4 is 15.8 Å². The maximum absolute atomic E-state index is 11.4. The number of carbonyl (C=O) groups excluding carboxylic acids is 1. The lowest BCUT2D eigenvalue weighted by Crippen LogP contribution is -2.37. The molecule has 0 unspecified atom stereocenters. The molecule has 0 saturated heterocycles. The summed E-state index contributed by atoms with van der Waals surface area (Å²) in [6, 6.07) is 7.21. The number of nitrogens with zero attached hydrogens (tertiary/aromatic N) is 1. The predicted molar refractivity (Wildman–Crippen MR) is 76.0 cm³/mol. The third kappa shape index (κ3) is 6.22. The molecule has 3 N–H and O–H groups in total. The lowest BCUT2D eigenvalue weighted by molar-refractivity contribution is -0.122. The predicted octanol–water partition coefficient (Wildman–Crippen LogP) is 0.590. The van der Waals surface area contributed by atoms with Crippen molar-refractivity contribution in [1.29, 1.82) is 0 Å². The van der Waals surface area contributed by atoms with Crippen molar-refractivity contribution in [1.82, 2.24) is 10.2 Å². The van der Waals surface area contributed by atoms with Gasteiger partial charge in [0.15, 0.2) is 0 Å². The first-order valence-electron chi connectivity index (χ1n) is 6.39. The van der Waals surface area contributed by atoms with Crippen molar-refractivity contribution >= 4 is 5.91 Å². The second-order valence-corrected chi connectivity index (χ2v) is 4.81. The number of nitrogens with two attached hydrogens (primary N) is 1. The molecule has 0 radical (unpaired) electrons.